The van der Waals surface area contributed by atoms with Crippen LogP contribution in [0.1, 0.15) is 6.42 Å². The number of hydrogen-bond acceptors (Lipinski definition) is 3. The van der Waals surface area contributed by atoms with Crippen LogP contribution in [0.25, 0.3) is 0 Å². The third-order valence-electron chi connectivity index (χ3n) is 2.02. The first-order chi connectivity index (χ1) is 6.14. The van der Waals surface area contributed by atoms with Crippen LogP contribution in [0.2, 0.25) is 0 Å². The van der Waals surface area contributed by atoms with Crippen molar-refractivity contribution in [3.8, 4) is 0 Å². The molecule has 0 atom stereocenters. The summed E-state index contributed by atoms with van der Waals surface area (Å²) in [6.07, 6.45) is 2.54. The monoisotopic (exact) mass is 204 g/mol. The molecule has 0 bridgehead atoms. The van der Waals surface area contributed by atoms with Gasteiger partial charge in [0.1, 0.15) is 0 Å². The highest BCUT2D eigenvalue weighted by molar-refractivity contribution is 7.89. The predicted molar refractivity (Wildman–Crippen MR) is 53.0 cm³/mol. The molecular weight excluding hydrogens is 188 g/mol. The van der Waals surface area contributed by atoms with Crippen molar-refractivity contribution in [2.24, 2.45) is 0 Å². The second kappa shape index (κ2) is 4.74. The molecule has 1 aliphatic heterocycles. The van der Waals surface area contributed by atoms with Crippen LogP contribution in [-0.2, 0) is 10.0 Å². The van der Waals surface area contributed by atoms with Crippen LogP contribution < -0.4 is 4.72 Å². The smallest absolute Gasteiger partial charge is 0.211 e. The van der Waals surface area contributed by atoms with E-state index in [2.05, 4.69) is 16.2 Å². The Balaban J connectivity index is 2.43. The van der Waals surface area contributed by atoms with Gasteiger partial charge in [-0.05, 0) is 13.0 Å². The fourth-order valence-electron chi connectivity index (χ4n) is 1.39. The van der Waals surface area contributed by atoms with E-state index in [-0.39, 0.29) is 5.75 Å². The summed E-state index contributed by atoms with van der Waals surface area (Å²) in [5.41, 5.74) is 0. The maximum atomic E-state index is 11.1. The van der Waals surface area contributed by atoms with Gasteiger partial charge in [-0.25, -0.2) is 13.1 Å². The number of hydrogen-bond donors (Lipinski definition) is 1. The summed E-state index contributed by atoms with van der Waals surface area (Å²) < 4.78 is 24.8. The Kier molecular flexibility index (Phi) is 3.90. The summed E-state index contributed by atoms with van der Waals surface area (Å²) in [4.78, 5) is 2.19. The fraction of sp³-hybridized carbons (Fsp3) is 0.750. The van der Waals surface area contributed by atoms with E-state index in [4.69, 9.17) is 0 Å². The minimum Gasteiger partial charge on any atom is -0.298 e. The molecule has 1 heterocycles. The van der Waals surface area contributed by atoms with Crippen LogP contribution in [-0.4, -0.2) is 45.2 Å². The van der Waals surface area contributed by atoms with Gasteiger partial charge in [0, 0.05) is 19.6 Å². The summed E-state index contributed by atoms with van der Waals surface area (Å²) in [6, 6.07) is 0. The molecular formula is C8H16N2O2S. The summed E-state index contributed by atoms with van der Waals surface area (Å²) in [5, 5.41) is 0. The molecule has 1 rings (SSSR count). The van der Waals surface area contributed by atoms with E-state index in [1.807, 2.05) is 6.08 Å². The van der Waals surface area contributed by atoms with Gasteiger partial charge in [-0.2, -0.15) is 0 Å². The molecule has 4 nitrogen and oxygen atoms in total. The fourth-order valence-corrected chi connectivity index (χ4v) is 2.44. The van der Waals surface area contributed by atoms with E-state index in [1.54, 1.807) is 0 Å². The second-order valence-electron chi connectivity index (χ2n) is 3.16. The van der Waals surface area contributed by atoms with E-state index < -0.39 is 10.0 Å². The highest BCUT2D eigenvalue weighted by Crippen LogP contribution is 1.98. The largest absolute Gasteiger partial charge is 0.298 e. The number of nitrogens with zero attached hydrogens (tertiary/aromatic N) is 1. The van der Waals surface area contributed by atoms with E-state index in [0.29, 0.717) is 13.0 Å². The molecule has 5 heteroatoms. The summed E-state index contributed by atoms with van der Waals surface area (Å²) in [6.45, 7) is 6.61. The van der Waals surface area contributed by atoms with Crippen molar-refractivity contribution in [3.63, 3.8) is 0 Å². The molecule has 13 heavy (non-hydrogen) atoms. The second-order valence-corrected chi connectivity index (χ2v) is 5.08. The molecule has 1 saturated heterocycles. The van der Waals surface area contributed by atoms with Gasteiger partial charge in [-0.1, -0.05) is 6.08 Å². The van der Waals surface area contributed by atoms with E-state index >= 15 is 0 Å². The van der Waals surface area contributed by atoms with Crippen molar-refractivity contribution in [2.75, 3.05) is 31.9 Å². The topological polar surface area (TPSA) is 49.4 Å². The molecule has 0 amide bonds. The van der Waals surface area contributed by atoms with Crippen LogP contribution in [0.5, 0.6) is 0 Å². The van der Waals surface area contributed by atoms with Crippen LogP contribution in [0, 0.1) is 0 Å². The molecule has 0 aromatic rings. The van der Waals surface area contributed by atoms with Gasteiger partial charge in [0.05, 0.1) is 5.75 Å². The number of nitrogens with one attached hydrogen (secondary N) is 1. The molecule has 1 fully saturated rings. The van der Waals surface area contributed by atoms with Gasteiger partial charge in [0.25, 0.3) is 0 Å². The Hall–Kier alpha value is -0.390. The highest BCUT2D eigenvalue weighted by Gasteiger charge is 2.14. The lowest BCUT2D eigenvalue weighted by molar-refractivity contribution is 0.303. The van der Waals surface area contributed by atoms with E-state index in [9.17, 15) is 8.42 Å². The zero-order valence-corrected chi connectivity index (χ0v) is 8.52. The Morgan fingerprint density at radius 3 is 2.92 bits per heavy atom. The molecule has 0 aromatic heterocycles. The lowest BCUT2D eigenvalue weighted by Gasteiger charge is -2.23. The molecule has 0 saturated carbocycles. The predicted octanol–water partition coefficient (Wildman–Crippen LogP) is -0.202. The zero-order chi connectivity index (χ0) is 9.73. The minimum atomic E-state index is -2.98. The molecule has 0 aromatic carbocycles. The maximum Gasteiger partial charge on any atom is 0.211 e. The van der Waals surface area contributed by atoms with Crippen LogP contribution >= 0.6 is 0 Å². The SMILES string of the molecule is C=CCN1CCCS(=O)(=O)NCC1. The Morgan fingerprint density at radius 1 is 1.46 bits per heavy atom. The first-order valence-corrected chi connectivity index (χ1v) is 6.10. The molecule has 1 N–H and O–H groups in total. The number of rotatable bonds is 2. The van der Waals surface area contributed by atoms with E-state index in [0.717, 1.165) is 19.6 Å². The van der Waals surface area contributed by atoms with Crippen LogP contribution in [0.3, 0.4) is 0 Å². The van der Waals surface area contributed by atoms with Gasteiger partial charge in [-0.15, -0.1) is 6.58 Å². The van der Waals surface area contributed by atoms with Crippen LogP contribution in [0.15, 0.2) is 12.7 Å². The average Bonchev–Trinajstić information content (AvgIpc) is 2.01. The van der Waals surface area contributed by atoms with Gasteiger partial charge >= 0.3 is 0 Å². The Morgan fingerprint density at radius 2 is 2.23 bits per heavy atom. The average molecular weight is 204 g/mol. The summed E-state index contributed by atoms with van der Waals surface area (Å²) in [7, 11) is -2.98. The summed E-state index contributed by atoms with van der Waals surface area (Å²) >= 11 is 0. The molecule has 0 unspecified atom stereocenters. The Labute approximate surface area is 79.7 Å². The van der Waals surface area contributed by atoms with Crippen molar-refractivity contribution >= 4 is 10.0 Å². The van der Waals surface area contributed by atoms with Crippen molar-refractivity contribution in [1.29, 1.82) is 0 Å². The van der Waals surface area contributed by atoms with Gasteiger partial charge in [0.15, 0.2) is 0 Å². The quantitative estimate of drug-likeness (QED) is 0.634. The molecule has 76 valence electrons. The molecule has 0 aliphatic carbocycles. The molecule has 0 radical (unpaired) electrons. The summed E-state index contributed by atoms with van der Waals surface area (Å²) in [5.74, 6) is 0.237. The standard InChI is InChI=1S/C8H16N2O2S/c1-2-5-10-6-3-8-13(11,12)9-4-7-10/h2,9H,1,3-8H2. The first-order valence-electron chi connectivity index (χ1n) is 4.44. The van der Waals surface area contributed by atoms with E-state index in [1.165, 1.54) is 0 Å². The third kappa shape index (κ3) is 3.89. The molecule has 1 aliphatic rings. The minimum absolute atomic E-state index is 0.237. The number of sulfonamides is 1. The normalized spacial score (nSPS) is 24.6. The highest BCUT2D eigenvalue weighted by atomic mass is 32.2. The molecule has 0 spiro atoms. The van der Waals surface area contributed by atoms with Gasteiger partial charge in [-0.3, -0.25) is 4.90 Å². The van der Waals surface area contributed by atoms with Crippen molar-refractivity contribution < 1.29 is 8.42 Å². The van der Waals surface area contributed by atoms with Crippen molar-refractivity contribution in [3.05, 3.63) is 12.7 Å². The lowest BCUT2D eigenvalue weighted by Crippen LogP contribution is -2.40. The Bertz CT molecular complexity index is 245. The maximum absolute atomic E-state index is 11.1. The van der Waals surface area contributed by atoms with Gasteiger partial charge in [0.2, 0.25) is 10.0 Å². The zero-order valence-electron chi connectivity index (χ0n) is 7.70. The lowest BCUT2D eigenvalue weighted by atomic mass is 10.4. The van der Waals surface area contributed by atoms with Crippen molar-refractivity contribution in [1.82, 2.24) is 9.62 Å². The third-order valence-corrected chi connectivity index (χ3v) is 3.49. The van der Waals surface area contributed by atoms with Gasteiger partial charge < -0.3 is 0 Å². The first kappa shape index (κ1) is 10.7. The van der Waals surface area contributed by atoms with Crippen molar-refractivity contribution in [2.45, 2.75) is 6.42 Å². The van der Waals surface area contributed by atoms with Crippen LogP contribution in [0.4, 0.5) is 0 Å².